The molecule has 1 heterocycles. The molecule has 0 aliphatic rings. The molecular formula is C16H12O3. The summed E-state index contributed by atoms with van der Waals surface area (Å²) < 4.78 is 11.2. The SMILES string of the molecule is Cc1cc(=O)c2cc(Oc3ccccc3)ccc2o1. The predicted octanol–water partition coefficient (Wildman–Crippen LogP) is 3.89. The van der Waals surface area contributed by atoms with Crippen molar-refractivity contribution in [2.24, 2.45) is 0 Å². The summed E-state index contributed by atoms with van der Waals surface area (Å²) in [5.41, 5.74) is 0.516. The van der Waals surface area contributed by atoms with Gasteiger partial charge in [-0.1, -0.05) is 18.2 Å². The summed E-state index contributed by atoms with van der Waals surface area (Å²) in [6.07, 6.45) is 0. The lowest BCUT2D eigenvalue weighted by atomic mass is 10.2. The van der Waals surface area contributed by atoms with Crippen LogP contribution >= 0.6 is 0 Å². The average Bonchev–Trinajstić information content (AvgIpc) is 2.40. The molecule has 3 rings (SSSR count). The van der Waals surface area contributed by atoms with Crippen molar-refractivity contribution in [3.63, 3.8) is 0 Å². The maximum atomic E-state index is 11.9. The van der Waals surface area contributed by atoms with Crippen LogP contribution in [-0.4, -0.2) is 0 Å². The van der Waals surface area contributed by atoms with Crippen molar-refractivity contribution in [2.45, 2.75) is 6.92 Å². The van der Waals surface area contributed by atoms with Crippen LogP contribution in [0.4, 0.5) is 0 Å². The number of fused-ring (bicyclic) bond motifs is 1. The zero-order valence-electron chi connectivity index (χ0n) is 10.4. The number of aryl methyl sites for hydroxylation is 1. The van der Waals surface area contributed by atoms with Gasteiger partial charge < -0.3 is 9.15 Å². The van der Waals surface area contributed by atoms with Gasteiger partial charge in [0.15, 0.2) is 5.43 Å². The molecule has 3 nitrogen and oxygen atoms in total. The second-order valence-electron chi connectivity index (χ2n) is 4.29. The molecule has 0 atom stereocenters. The first kappa shape index (κ1) is 11.5. The predicted molar refractivity (Wildman–Crippen MR) is 73.7 cm³/mol. The second kappa shape index (κ2) is 4.61. The molecule has 3 heteroatoms. The molecule has 3 aromatic rings. The third-order valence-electron chi connectivity index (χ3n) is 2.80. The van der Waals surface area contributed by atoms with Crippen LogP contribution in [0.15, 0.2) is 63.8 Å². The Morgan fingerprint density at radius 3 is 2.53 bits per heavy atom. The smallest absolute Gasteiger partial charge is 0.193 e. The van der Waals surface area contributed by atoms with E-state index in [-0.39, 0.29) is 5.43 Å². The second-order valence-corrected chi connectivity index (χ2v) is 4.29. The van der Waals surface area contributed by atoms with Crippen LogP contribution in [0.3, 0.4) is 0 Å². The number of hydrogen-bond donors (Lipinski definition) is 0. The molecular weight excluding hydrogens is 240 g/mol. The van der Waals surface area contributed by atoms with E-state index in [1.54, 1.807) is 25.1 Å². The lowest BCUT2D eigenvalue weighted by Crippen LogP contribution is -2.00. The first-order valence-corrected chi connectivity index (χ1v) is 6.00. The minimum absolute atomic E-state index is 0.0581. The van der Waals surface area contributed by atoms with Gasteiger partial charge in [-0.2, -0.15) is 0 Å². The van der Waals surface area contributed by atoms with E-state index in [4.69, 9.17) is 9.15 Å². The molecule has 0 saturated carbocycles. The van der Waals surface area contributed by atoms with Gasteiger partial charge in [0, 0.05) is 6.07 Å². The highest BCUT2D eigenvalue weighted by Gasteiger charge is 2.05. The molecule has 0 unspecified atom stereocenters. The van der Waals surface area contributed by atoms with Crippen molar-refractivity contribution in [3.8, 4) is 11.5 Å². The molecule has 0 N–H and O–H groups in total. The summed E-state index contributed by atoms with van der Waals surface area (Å²) in [5.74, 6) is 1.96. The Kier molecular flexibility index (Phi) is 2.80. The Morgan fingerprint density at radius 2 is 1.74 bits per heavy atom. The molecule has 1 aromatic heterocycles. The van der Waals surface area contributed by atoms with Gasteiger partial charge in [0.1, 0.15) is 22.8 Å². The summed E-state index contributed by atoms with van der Waals surface area (Å²) in [6.45, 7) is 1.76. The normalized spacial score (nSPS) is 10.6. The average molecular weight is 252 g/mol. The lowest BCUT2D eigenvalue weighted by Gasteiger charge is -2.06. The molecule has 0 bridgehead atoms. The number of rotatable bonds is 2. The van der Waals surface area contributed by atoms with Crippen molar-refractivity contribution >= 4 is 11.0 Å². The first-order valence-electron chi connectivity index (χ1n) is 6.00. The van der Waals surface area contributed by atoms with Gasteiger partial charge in [0.2, 0.25) is 0 Å². The Balaban J connectivity index is 2.05. The standard InChI is InChI=1S/C16H12O3/c1-11-9-15(17)14-10-13(7-8-16(14)18-11)19-12-5-3-2-4-6-12/h2-10H,1H3. The molecule has 0 spiro atoms. The van der Waals surface area contributed by atoms with Gasteiger partial charge in [0.05, 0.1) is 5.39 Å². The van der Waals surface area contributed by atoms with E-state index in [1.165, 1.54) is 6.07 Å². The molecule has 0 fully saturated rings. The third kappa shape index (κ3) is 2.36. The van der Waals surface area contributed by atoms with E-state index < -0.39 is 0 Å². The van der Waals surface area contributed by atoms with Crippen LogP contribution < -0.4 is 10.2 Å². The first-order chi connectivity index (χ1) is 9.22. The van der Waals surface area contributed by atoms with E-state index in [0.717, 1.165) is 5.75 Å². The minimum Gasteiger partial charge on any atom is -0.461 e. The zero-order chi connectivity index (χ0) is 13.2. The summed E-state index contributed by atoms with van der Waals surface area (Å²) in [6, 6.07) is 16.2. The highest BCUT2D eigenvalue weighted by atomic mass is 16.5. The fraction of sp³-hybridized carbons (Fsp3) is 0.0625. The van der Waals surface area contributed by atoms with Crippen molar-refractivity contribution < 1.29 is 9.15 Å². The van der Waals surface area contributed by atoms with Gasteiger partial charge in [0.25, 0.3) is 0 Å². The molecule has 0 amide bonds. The summed E-state index contributed by atoms with van der Waals surface area (Å²) in [4.78, 5) is 11.9. The van der Waals surface area contributed by atoms with E-state index >= 15 is 0 Å². The fourth-order valence-electron chi connectivity index (χ4n) is 1.94. The summed E-state index contributed by atoms with van der Waals surface area (Å²) >= 11 is 0. The topological polar surface area (TPSA) is 39.4 Å². The maximum absolute atomic E-state index is 11.9. The van der Waals surface area contributed by atoms with Crippen molar-refractivity contribution in [2.75, 3.05) is 0 Å². The monoisotopic (exact) mass is 252 g/mol. The Hall–Kier alpha value is -2.55. The molecule has 19 heavy (non-hydrogen) atoms. The van der Waals surface area contributed by atoms with E-state index in [9.17, 15) is 4.79 Å². The largest absolute Gasteiger partial charge is 0.461 e. The number of para-hydroxylation sites is 1. The molecule has 0 aliphatic heterocycles. The highest BCUT2D eigenvalue weighted by molar-refractivity contribution is 5.78. The van der Waals surface area contributed by atoms with Crippen LogP contribution in [-0.2, 0) is 0 Å². The summed E-state index contributed by atoms with van der Waals surface area (Å²) in [5, 5.41) is 0.527. The zero-order valence-corrected chi connectivity index (χ0v) is 10.4. The van der Waals surface area contributed by atoms with Crippen LogP contribution in [0.5, 0.6) is 11.5 Å². The third-order valence-corrected chi connectivity index (χ3v) is 2.80. The molecule has 94 valence electrons. The lowest BCUT2D eigenvalue weighted by molar-refractivity contribution is 0.482. The molecule has 0 aliphatic carbocycles. The quantitative estimate of drug-likeness (QED) is 0.694. The van der Waals surface area contributed by atoms with Crippen molar-refractivity contribution in [1.82, 2.24) is 0 Å². The number of hydrogen-bond acceptors (Lipinski definition) is 3. The van der Waals surface area contributed by atoms with Crippen LogP contribution in [0.1, 0.15) is 5.76 Å². The Labute approximate surface area is 110 Å². The van der Waals surface area contributed by atoms with E-state index in [1.807, 2.05) is 30.3 Å². The molecule has 2 aromatic carbocycles. The maximum Gasteiger partial charge on any atom is 0.193 e. The van der Waals surface area contributed by atoms with Gasteiger partial charge >= 0.3 is 0 Å². The van der Waals surface area contributed by atoms with Gasteiger partial charge in [-0.25, -0.2) is 0 Å². The Bertz CT molecular complexity index is 773. The Morgan fingerprint density at radius 1 is 0.947 bits per heavy atom. The van der Waals surface area contributed by atoms with Crippen molar-refractivity contribution in [3.05, 3.63) is 70.6 Å². The molecule has 0 radical (unpaired) electrons. The van der Waals surface area contributed by atoms with Gasteiger partial charge in [-0.05, 0) is 37.3 Å². The van der Waals surface area contributed by atoms with Crippen molar-refractivity contribution in [1.29, 1.82) is 0 Å². The minimum atomic E-state index is -0.0581. The van der Waals surface area contributed by atoms with E-state index in [0.29, 0.717) is 22.5 Å². The highest BCUT2D eigenvalue weighted by Crippen LogP contribution is 2.24. The molecule has 0 saturated heterocycles. The fourth-order valence-corrected chi connectivity index (χ4v) is 1.94. The summed E-state index contributed by atoms with van der Waals surface area (Å²) in [7, 11) is 0. The van der Waals surface area contributed by atoms with Gasteiger partial charge in [-0.15, -0.1) is 0 Å². The van der Waals surface area contributed by atoms with Crippen LogP contribution in [0, 0.1) is 6.92 Å². The van der Waals surface area contributed by atoms with Crippen LogP contribution in [0.2, 0.25) is 0 Å². The number of ether oxygens (including phenoxy) is 1. The van der Waals surface area contributed by atoms with Crippen LogP contribution in [0.25, 0.3) is 11.0 Å². The van der Waals surface area contributed by atoms with Gasteiger partial charge in [-0.3, -0.25) is 4.79 Å². The number of benzene rings is 2. The van der Waals surface area contributed by atoms with E-state index in [2.05, 4.69) is 0 Å².